The SMILES string of the molecule is CC1(C)OB(C(F)=C(c2cnoc2)c2ccccc2O)OC1(C)C. The van der Waals surface area contributed by atoms with Gasteiger partial charge in [0.25, 0.3) is 0 Å². The standard InChI is InChI=1S/C17H19BFNO4/c1-16(2)17(3,4)24-18(23-16)15(19)14(11-9-20-22-10-11)12-7-5-6-8-13(12)21/h5-10,21H,1-4H3. The maximum Gasteiger partial charge on any atom is 0.525 e. The van der Waals surface area contributed by atoms with E-state index in [9.17, 15) is 5.11 Å². The van der Waals surface area contributed by atoms with Crippen LogP contribution in [0, 0.1) is 0 Å². The Morgan fingerprint density at radius 2 is 1.75 bits per heavy atom. The normalized spacial score (nSPS) is 20.1. The third kappa shape index (κ3) is 2.74. The molecule has 24 heavy (non-hydrogen) atoms. The maximum absolute atomic E-state index is 15.3. The summed E-state index contributed by atoms with van der Waals surface area (Å²) >= 11 is 0. The van der Waals surface area contributed by atoms with Crippen LogP contribution in [0.15, 0.2) is 47.0 Å². The highest BCUT2D eigenvalue weighted by molar-refractivity contribution is 6.55. The third-order valence-electron chi connectivity index (χ3n) is 4.59. The highest BCUT2D eigenvalue weighted by atomic mass is 19.1. The smallest absolute Gasteiger partial charge is 0.507 e. The van der Waals surface area contributed by atoms with Crippen molar-refractivity contribution in [3.63, 3.8) is 0 Å². The molecule has 1 saturated heterocycles. The van der Waals surface area contributed by atoms with E-state index in [1.165, 1.54) is 18.5 Å². The minimum Gasteiger partial charge on any atom is -0.507 e. The first-order chi connectivity index (χ1) is 11.2. The molecule has 2 heterocycles. The second-order valence-electron chi connectivity index (χ2n) is 6.74. The molecule has 0 atom stereocenters. The molecular weight excluding hydrogens is 312 g/mol. The van der Waals surface area contributed by atoms with Crippen molar-refractivity contribution in [1.82, 2.24) is 5.16 Å². The second-order valence-corrected chi connectivity index (χ2v) is 6.74. The highest BCUT2D eigenvalue weighted by Gasteiger charge is 2.53. The number of halogens is 1. The maximum atomic E-state index is 15.3. The minimum atomic E-state index is -1.18. The van der Waals surface area contributed by atoms with E-state index in [2.05, 4.69) is 5.16 Å². The van der Waals surface area contributed by atoms with Crippen molar-refractivity contribution in [2.24, 2.45) is 0 Å². The highest BCUT2D eigenvalue weighted by Crippen LogP contribution is 2.42. The van der Waals surface area contributed by atoms with Crippen LogP contribution in [0.4, 0.5) is 4.39 Å². The first-order valence-corrected chi connectivity index (χ1v) is 7.66. The third-order valence-corrected chi connectivity index (χ3v) is 4.59. The van der Waals surface area contributed by atoms with Crippen LogP contribution in [0.25, 0.3) is 5.57 Å². The van der Waals surface area contributed by atoms with Gasteiger partial charge in [-0.2, -0.15) is 0 Å². The molecule has 1 aliphatic rings. The fraction of sp³-hybridized carbons (Fsp3) is 0.353. The van der Waals surface area contributed by atoms with Gasteiger partial charge in [0.2, 0.25) is 0 Å². The van der Waals surface area contributed by atoms with Crippen molar-refractivity contribution in [2.75, 3.05) is 0 Å². The molecule has 7 heteroatoms. The van der Waals surface area contributed by atoms with Gasteiger partial charge in [0.15, 0.2) is 0 Å². The molecular formula is C17H19BFNO4. The predicted octanol–water partition coefficient (Wildman–Crippen LogP) is 3.74. The van der Waals surface area contributed by atoms with E-state index in [1.807, 2.05) is 27.7 Å². The Hall–Kier alpha value is -2.12. The number of rotatable bonds is 3. The average Bonchev–Trinajstić information content (AvgIpc) is 3.08. The molecule has 0 spiro atoms. The van der Waals surface area contributed by atoms with Crippen LogP contribution in [0.2, 0.25) is 0 Å². The number of nitrogens with zero attached hydrogens (tertiary/aromatic N) is 1. The summed E-state index contributed by atoms with van der Waals surface area (Å²) in [4.78, 5) is 0. The van der Waals surface area contributed by atoms with E-state index >= 15 is 4.39 Å². The van der Waals surface area contributed by atoms with E-state index < -0.39 is 24.0 Å². The molecule has 1 aromatic carbocycles. The predicted molar refractivity (Wildman–Crippen MR) is 87.8 cm³/mol. The molecule has 3 rings (SSSR count). The number of hydrogen-bond acceptors (Lipinski definition) is 5. The van der Waals surface area contributed by atoms with Gasteiger partial charge in [-0.3, -0.25) is 0 Å². The van der Waals surface area contributed by atoms with Crippen molar-refractivity contribution in [1.29, 1.82) is 0 Å². The summed E-state index contributed by atoms with van der Waals surface area (Å²) in [5.41, 5.74) is -1.15. The first-order valence-electron chi connectivity index (χ1n) is 7.66. The summed E-state index contributed by atoms with van der Waals surface area (Å²) in [6.45, 7) is 7.39. The van der Waals surface area contributed by atoms with Gasteiger partial charge in [-0.1, -0.05) is 23.4 Å². The molecule has 0 aliphatic carbocycles. The lowest BCUT2D eigenvalue weighted by Crippen LogP contribution is -2.41. The van der Waals surface area contributed by atoms with Gasteiger partial charge in [-0.25, -0.2) is 4.39 Å². The molecule has 5 nitrogen and oxygen atoms in total. The lowest BCUT2D eigenvalue weighted by atomic mass is 9.81. The Balaban J connectivity index is 2.12. The van der Waals surface area contributed by atoms with Gasteiger partial charge < -0.3 is 18.9 Å². The molecule has 0 amide bonds. The van der Waals surface area contributed by atoms with Crippen LogP contribution in [-0.4, -0.2) is 28.6 Å². The van der Waals surface area contributed by atoms with Crippen LogP contribution in [0.1, 0.15) is 38.8 Å². The second kappa shape index (κ2) is 5.75. The summed E-state index contributed by atoms with van der Waals surface area (Å²) in [5.74, 6) is -0.0552. The summed E-state index contributed by atoms with van der Waals surface area (Å²) in [7, 11) is -1.18. The lowest BCUT2D eigenvalue weighted by molar-refractivity contribution is 0.00578. The Bertz CT molecular complexity index is 755. The summed E-state index contributed by atoms with van der Waals surface area (Å²) in [6, 6.07) is 6.47. The fourth-order valence-corrected chi connectivity index (χ4v) is 2.50. The van der Waals surface area contributed by atoms with Gasteiger partial charge in [0.1, 0.15) is 17.7 Å². The zero-order chi connectivity index (χ0) is 17.5. The topological polar surface area (TPSA) is 64.7 Å². The Morgan fingerprint density at radius 3 is 2.29 bits per heavy atom. The molecule has 2 aromatic rings. The number of aromatic hydroxyl groups is 1. The molecule has 126 valence electrons. The van der Waals surface area contributed by atoms with Crippen molar-refractivity contribution in [2.45, 2.75) is 38.9 Å². The Labute approximate surface area is 140 Å². The number of aromatic nitrogens is 1. The summed E-state index contributed by atoms with van der Waals surface area (Å²) < 4.78 is 31.7. The van der Waals surface area contributed by atoms with Crippen molar-refractivity contribution < 1.29 is 23.3 Å². The van der Waals surface area contributed by atoms with E-state index in [1.54, 1.807) is 18.2 Å². The van der Waals surface area contributed by atoms with Crippen LogP contribution in [0.3, 0.4) is 0 Å². The van der Waals surface area contributed by atoms with Crippen molar-refractivity contribution in [3.05, 3.63) is 53.6 Å². The number of hydrogen-bond donors (Lipinski definition) is 1. The van der Waals surface area contributed by atoms with Gasteiger partial charge >= 0.3 is 7.12 Å². The van der Waals surface area contributed by atoms with Gasteiger partial charge in [0, 0.05) is 16.7 Å². The Morgan fingerprint density at radius 1 is 1.12 bits per heavy atom. The molecule has 1 N–H and O–H groups in total. The zero-order valence-corrected chi connectivity index (χ0v) is 14.0. The molecule has 0 unspecified atom stereocenters. The number of benzene rings is 1. The van der Waals surface area contributed by atoms with E-state index in [4.69, 9.17) is 13.8 Å². The molecule has 0 saturated carbocycles. The van der Waals surface area contributed by atoms with Crippen LogP contribution >= 0.6 is 0 Å². The monoisotopic (exact) mass is 331 g/mol. The van der Waals surface area contributed by atoms with Crippen molar-refractivity contribution in [3.8, 4) is 5.75 Å². The van der Waals surface area contributed by atoms with Gasteiger partial charge in [-0.15, -0.1) is 0 Å². The first kappa shape index (κ1) is 16.7. The fourth-order valence-electron chi connectivity index (χ4n) is 2.50. The van der Waals surface area contributed by atoms with Crippen LogP contribution in [0.5, 0.6) is 5.75 Å². The molecule has 1 fully saturated rings. The van der Waals surface area contributed by atoms with Crippen molar-refractivity contribution >= 4 is 12.7 Å². The molecule has 0 radical (unpaired) electrons. The van der Waals surface area contributed by atoms with Crippen LogP contribution in [-0.2, 0) is 9.31 Å². The number of phenolic OH excluding ortho intramolecular Hbond substituents is 1. The van der Waals surface area contributed by atoms with Crippen LogP contribution < -0.4 is 0 Å². The lowest BCUT2D eigenvalue weighted by Gasteiger charge is -2.32. The van der Waals surface area contributed by atoms with E-state index in [-0.39, 0.29) is 11.3 Å². The minimum absolute atomic E-state index is 0.0552. The molecule has 1 aromatic heterocycles. The van der Waals surface area contributed by atoms with E-state index in [0.29, 0.717) is 11.1 Å². The van der Waals surface area contributed by atoms with Gasteiger partial charge in [-0.05, 0) is 33.8 Å². The largest absolute Gasteiger partial charge is 0.525 e. The average molecular weight is 331 g/mol. The quantitative estimate of drug-likeness (QED) is 0.868. The zero-order valence-electron chi connectivity index (χ0n) is 14.0. The summed E-state index contributed by atoms with van der Waals surface area (Å²) in [6.07, 6.45) is 2.69. The number of para-hydroxylation sites is 1. The summed E-state index contributed by atoms with van der Waals surface area (Å²) in [5, 5.41) is 13.8. The number of phenols is 1. The van der Waals surface area contributed by atoms with E-state index in [0.717, 1.165) is 0 Å². The Kier molecular flexibility index (Phi) is 4.01. The molecule has 1 aliphatic heterocycles. The molecule has 0 bridgehead atoms. The van der Waals surface area contributed by atoms with Gasteiger partial charge in [0.05, 0.1) is 17.4 Å².